The molecule has 3 rings (SSSR count). The molecule has 178 valence electrons. The number of nitrogens with two attached hydrogens (primary N) is 2. The Hall–Kier alpha value is -2.09. The average molecular weight is 442 g/mol. The summed E-state index contributed by atoms with van der Waals surface area (Å²) in [6.07, 6.45) is 13.3. The highest BCUT2D eigenvalue weighted by Crippen LogP contribution is 2.35. The lowest BCUT2D eigenvalue weighted by Crippen LogP contribution is -2.56. The summed E-state index contributed by atoms with van der Waals surface area (Å²) in [5.41, 5.74) is 22.4. The molecule has 1 heterocycles. The van der Waals surface area contributed by atoms with Crippen LogP contribution in [0.4, 0.5) is 17.2 Å². The highest BCUT2D eigenvalue weighted by Gasteiger charge is 2.24. The first-order valence-corrected chi connectivity index (χ1v) is 12.4. The molecular formula is C25H43N7. The lowest BCUT2D eigenvalue weighted by atomic mass is 9.86. The van der Waals surface area contributed by atoms with Crippen LogP contribution >= 0.6 is 0 Å². The molecule has 0 amide bonds. The summed E-state index contributed by atoms with van der Waals surface area (Å²) < 4.78 is 0. The minimum Gasteiger partial charge on any atom is -0.383 e. The number of aromatic nitrogens is 1. The molecule has 2 atom stereocenters. The smallest absolute Gasteiger partial charge is 0.149 e. The van der Waals surface area contributed by atoms with Gasteiger partial charge in [0.2, 0.25) is 0 Å². The minimum absolute atomic E-state index is 0.111. The summed E-state index contributed by atoms with van der Waals surface area (Å²) in [5, 5.41) is 6.20. The molecule has 2 unspecified atom stereocenters. The second-order valence-corrected chi connectivity index (χ2v) is 9.33. The number of rotatable bonds is 7. The number of nitrogen functional groups attached to an aromatic ring is 1. The van der Waals surface area contributed by atoms with E-state index in [4.69, 9.17) is 11.5 Å². The molecular weight excluding hydrogens is 398 g/mol. The van der Waals surface area contributed by atoms with Crippen LogP contribution in [0.15, 0.2) is 24.3 Å². The Morgan fingerprint density at radius 1 is 1.00 bits per heavy atom. The van der Waals surface area contributed by atoms with Crippen molar-refractivity contribution in [3.8, 4) is 0 Å². The van der Waals surface area contributed by atoms with Gasteiger partial charge in [0.15, 0.2) is 0 Å². The summed E-state index contributed by atoms with van der Waals surface area (Å²) in [7, 11) is 3.85. The third-order valence-corrected chi connectivity index (χ3v) is 6.96. The normalized spacial score (nSPS) is 18.6. The van der Waals surface area contributed by atoms with Crippen LogP contribution in [0.1, 0.15) is 71.1 Å². The second kappa shape index (κ2) is 12.2. The predicted octanol–water partition coefficient (Wildman–Crippen LogP) is 4.55. The number of hydrogen-bond donors (Lipinski definition) is 5. The zero-order chi connectivity index (χ0) is 22.9. The van der Waals surface area contributed by atoms with Gasteiger partial charge in [-0.2, -0.15) is 5.53 Å². The van der Waals surface area contributed by atoms with E-state index in [-0.39, 0.29) is 12.1 Å². The Morgan fingerprint density at radius 3 is 2.22 bits per heavy atom. The molecule has 7 heteroatoms. The van der Waals surface area contributed by atoms with Crippen LogP contribution in [-0.4, -0.2) is 31.2 Å². The minimum atomic E-state index is 0.111. The van der Waals surface area contributed by atoms with Crippen molar-refractivity contribution in [3.63, 3.8) is 0 Å². The Balaban J connectivity index is 1.66. The number of anilines is 3. The van der Waals surface area contributed by atoms with Gasteiger partial charge in [-0.15, -0.1) is 0 Å². The van der Waals surface area contributed by atoms with Gasteiger partial charge in [0.25, 0.3) is 0 Å². The van der Waals surface area contributed by atoms with Gasteiger partial charge in [0, 0.05) is 31.6 Å². The molecule has 32 heavy (non-hydrogen) atoms. The fraction of sp³-hybridized carbons (Fsp3) is 0.640. The molecule has 7 N–H and O–H groups in total. The van der Waals surface area contributed by atoms with E-state index >= 15 is 0 Å². The van der Waals surface area contributed by atoms with Crippen molar-refractivity contribution < 1.29 is 0 Å². The van der Waals surface area contributed by atoms with Gasteiger partial charge in [-0.1, -0.05) is 69.6 Å². The number of benzene rings is 1. The van der Waals surface area contributed by atoms with E-state index in [0.717, 1.165) is 22.3 Å². The summed E-state index contributed by atoms with van der Waals surface area (Å²) in [6, 6.07) is 8.29. The van der Waals surface area contributed by atoms with Gasteiger partial charge in [-0.25, -0.2) is 10.4 Å². The fourth-order valence-corrected chi connectivity index (χ4v) is 4.97. The molecule has 0 spiro atoms. The number of hydrazine groups is 2. The molecule has 1 fully saturated rings. The van der Waals surface area contributed by atoms with E-state index < -0.39 is 0 Å². The predicted molar refractivity (Wildman–Crippen MR) is 137 cm³/mol. The molecule has 1 aliphatic carbocycles. The van der Waals surface area contributed by atoms with Gasteiger partial charge in [-0.05, 0) is 31.7 Å². The third kappa shape index (κ3) is 6.24. The van der Waals surface area contributed by atoms with Crippen molar-refractivity contribution in [3.05, 3.63) is 24.3 Å². The van der Waals surface area contributed by atoms with Crippen LogP contribution in [0.5, 0.6) is 0 Å². The molecule has 0 bridgehead atoms. The topological polar surface area (TPSA) is 104 Å². The van der Waals surface area contributed by atoms with Crippen molar-refractivity contribution in [2.45, 2.75) is 83.2 Å². The SMILES string of the molecule is CNc1c(N)nc2ccccc2c1N(C)NNC(C)C(N)C1CCCCCCCCCC1. The van der Waals surface area contributed by atoms with Crippen LogP contribution in [0, 0.1) is 5.92 Å². The maximum Gasteiger partial charge on any atom is 0.149 e. The first-order valence-electron chi connectivity index (χ1n) is 12.4. The largest absolute Gasteiger partial charge is 0.383 e. The van der Waals surface area contributed by atoms with Crippen molar-refractivity contribution >= 4 is 28.1 Å². The van der Waals surface area contributed by atoms with Crippen molar-refractivity contribution in [1.29, 1.82) is 0 Å². The molecule has 0 aliphatic heterocycles. The van der Waals surface area contributed by atoms with Crippen molar-refractivity contribution in [2.75, 3.05) is 30.2 Å². The molecule has 1 aromatic heterocycles. The van der Waals surface area contributed by atoms with Gasteiger partial charge in [-0.3, -0.25) is 5.01 Å². The van der Waals surface area contributed by atoms with Gasteiger partial charge in [0.05, 0.1) is 11.2 Å². The maximum absolute atomic E-state index is 6.77. The number of nitrogens with one attached hydrogen (secondary N) is 3. The first kappa shape index (κ1) is 24.6. The van der Waals surface area contributed by atoms with E-state index in [1.54, 1.807) is 0 Å². The van der Waals surface area contributed by atoms with Crippen molar-refractivity contribution in [2.24, 2.45) is 11.7 Å². The van der Waals surface area contributed by atoms with Crippen molar-refractivity contribution in [1.82, 2.24) is 15.9 Å². The lowest BCUT2D eigenvalue weighted by molar-refractivity contribution is 0.276. The van der Waals surface area contributed by atoms with Crippen LogP contribution in [0.25, 0.3) is 10.9 Å². The molecule has 0 radical (unpaired) electrons. The Labute approximate surface area is 193 Å². The lowest BCUT2D eigenvalue weighted by Gasteiger charge is -2.32. The second-order valence-electron chi connectivity index (χ2n) is 9.33. The first-order chi connectivity index (χ1) is 15.5. The summed E-state index contributed by atoms with van der Waals surface area (Å²) in [4.78, 5) is 4.53. The average Bonchev–Trinajstić information content (AvgIpc) is 2.86. The summed E-state index contributed by atoms with van der Waals surface area (Å²) in [6.45, 7) is 2.18. The van der Waals surface area contributed by atoms with Crippen LogP contribution < -0.4 is 32.8 Å². The van der Waals surface area contributed by atoms with Crippen LogP contribution in [0.3, 0.4) is 0 Å². The quantitative estimate of drug-likeness (QED) is 0.402. The molecule has 1 aliphatic rings. The van der Waals surface area contributed by atoms with Gasteiger partial charge < -0.3 is 16.8 Å². The number of nitrogens with zero attached hydrogens (tertiary/aromatic N) is 2. The number of hydrogen-bond acceptors (Lipinski definition) is 7. The molecule has 1 saturated carbocycles. The maximum atomic E-state index is 6.77. The van der Waals surface area contributed by atoms with Crippen LogP contribution in [0.2, 0.25) is 0 Å². The molecule has 2 aromatic rings. The highest BCUT2D eigenvalue weighted by atomic mass is 15.7. The van der Waals surface area contributed by atoms with E-state index in [1.807, 2.05) is 37.3 Å². The third-order valence-electron chi connectivity index (χ3n) is 6.96. The van der Waals surface area contributed by atoms with Gasteiger partial charge in [0.1, 0.15) is 11.5 Å². The Morgan fingerprint density at radius 2 is 1.59 bits per heavy atom. The Bertz CT molecular complexity index is 828. The fourth-order valence-electron chi connectivity index (χ4n) is 4.97. The summed E-state index contributed by atoms with van der Waals surface area (Å²) in [5.74, 6) is 1.05. The zero-order valence-corrected chi connectivity index (χ0v) is 20.2. The monoisotopic (exact) mass is 441 g/mol. The Kier molecular flexibility index (Phi) is 9.38. The summed E-state index contributed by atoms with van der Waals surface area (Å²) >= 11 is 0. The molecule has 0 saturated heterocycles. The number of pyridine rings is 1. The van der Waals surface area contributed by atoms with E-state index in [2.05, 4.69) is 34.3 Å². The zero-order valence-electron chi connectivity index (χ0n) is 20.2. The van der Waals surface area contributed by atoms with Crippen LogP contribution in [-0.2, 0) is 0 Å². The van der Waals surface area contributed by atoms with Gasteiger partial charge >= 0.3 is 0 Å². The van der Waals surface area contributed by atoms with E-state index in [0.29, 0.717) is 11.7 Å². The highest BCUT2D eigenvalue weighted by molar-refractivity contribution is 6.01. The number of fused-ring (bicyclic) bond motifs is 1. The number of para-hydroxylation sites is 1. The van der Waals surface area contributed by atoms with E-state index in [9.17, 15) is 0 Å². The molecule has 1 aromatic carbocycles. The van der Waals surface area contributed by atoms with E-state index in [1.165, 1.54) is 64.2 Å². The molecule has 7 nitrogen and oxygen atoms in total. The standard InChI is InChI=1S/C25H43N7/c1-18(22(26)19-14-10-8-6-4-5-7-9-11-15-19)30-31-32(3)24-20-16-12-13-17-21(20)29-25(27)23(24)28-2/h12-13,16-19,22,28,30-31H,4-11,14-15,26H2,1-3H3,(H2,27,29).